The van der Waals surface area contributed by atoms with E-state index in [1.165, 1.54) is 6.92 Å². The summed E-state index contributed by atoms with van der Waals surface area (Å²) in [5.74, 6) is -0.531. The van der Waals surface area contributed by atoms with Crippen LogP contribution in [0.4, 0.5) is 0 Å². The predicted molar refractivity (Wildman–Crippen MR) is 50.8 cm³/mol. The van der Waals surface area contributed by atoms with Gasteiger partial charge in [-0.05, 0) is 5.56 Å². The van der Waals surface area contributed by atoms with Crippen molar-refractivity contribution >= 4 is 5.97 Å². The molecule has 0 fully saturated rings. The molecule has 0 spiro atoms. The number of hydrogen-bond acceptors (Lipinski definition) is 3. The standard InChI is InChI=1S/C10H11N2O2/c1-8(12-11)10(13)14-7-9-5-3-2-4-6-9/h2-6,8H,7H2,1H3/q+1. The van der Waals surface area contributed by atoms with Crippen LogP contribution >= 0.6 is 0 Å². The summed E-state index contributed by atoms with van der Waals surface area (Å²) in [5, 5.41) is 8.33. The highest BCUT2D eigenvalue weighted by atomic mass is 16.5. The van der Waals surface area contributed by atoms with E-state index in [0.29, 0.717) is 0 Å². The fourth-order valence-corrected chi connectivity index (χ4v) is 0.896. The van der Waals surface area contributed by atoms with Crippen molar-refractivity contribution in [3.63, 3.8) is 0 Å². The number of rotatable bonds is 3. The van der Waals surface area contributed by atoms with Crippen LogP contribution in [0.2, 0.25) is 0 Å². The zero-order chi connectivity index (χ0) is 10.4. The Morgan fingerprint density at radius 1 is 1.50 bits per heavy atom. The normalized spacial score (nSPS) is 11.4. The van der Waals surface area contributed by atoms with Crippen molar-refractivity contribution < 1.29 is 9.53 Å². The van der Waals surface area contributed by atoms with Gasteiger partial charge in [0.1, 0.15) is 11.6 Å². The maximum atomic E-state index is 11.1. The lowest BCUT2D eigenvalue weighted by molar-refractivity contribution is -0.145. The molecule has 1 aromatic rings. The largest absolute Gasteiger partial charge is 0.455 e. The van der Waals surface area contributed by atoms with Gasteiger partial charge in [0.2, 0.25) is 5.39 Å². The highest BCUT2D eigenvalue weighted by molar-refractivity contribution is 5.76. The van der Waals surface area contributed by atoms with E-state index in [1.807, 2.05) is 30.3 Å². The van der Waals surface area contributed by atoms with Crippen LogP contribution in [0, 0.1) is 5.39 Å². The van der Waals surface area contributed by atoms with Gasteiger partial charge in [-0.15, -0.1) is 0 Å². The molecule has 0 aliphatic rings. The summed E-state index contributed by atoms with van der Waals surface area (Å²) in [5.41, 5.74) is 0.908. The maximum Gasteiger partial charge on any atom is 0.405 e. The van der Waals surface area contributed by atoms with Gasteiger partial charge >= 0.3 is 12.0 Å². The van der Waals surface area contributed by atoms with Crippen LogP contribution < -0.4 is 0 Å². The highest BCUT2D eigenvalue weighted by Gasteiger charge is 2.25. The molecular weight excluding hydrogens is 180 g/mol. The predicted octanol–water partition coefficient (Wildman–Crippen LogP) is 1.97. The summed E-state index contributed by atoms with van der Waals surface area (Å²) >= 11 is 0. The van der Waals surface area contributed by atoms with Crippen LogP contribution in [-0.2, 0) is 16.1 Å². The average molecular weight is 191 g/mol. The Bertz CT molecular complexity index is 343. The first-order chi connectivity index (χ1) is 6.74. The molecule has 1 atom stereocenters. The Hall–Kier alpha value is -1.89. The van der Waals surface area contributed by atoms with Gasteiger partial charge in [0.05, 0.1) is 0 Å². The molecule has 4 heteroatoms. The lowest BCUT2D eigenvalue weighted by Crippen LogP contribution is -2.16. The highest BCUT2D eigenvalue weighted by Crippen LogP contribution is 2.02. The number of nitrogens with zero attached hydrogens (tertiary/aromatic N) is 2. The first kappa shape index (κ1) is 10.2. The molecule has 0 heterocycles. The van der Waals surface area contributed by atoms with Gasteiger partial charge in [0, 0.05) is 6.92 Å². The smallest absolute Gasteiger partial charge is 0.405 e. The topological polar surface area (TPSA) is 54.5 Å². The molecule has 0 saturated carbocycles. The van der Waals surface area contributed by atoms with Crippen molar-refractivity contribution in [3.05, 3.63) is 40.9 Å². The third-order valence-electron chi connectivity index (χ3n) is 1.74. The summed E-state index contributed by atoms with van der Waals surface area (Å²) in [6, 6.07) is 8.50. The first-order valence-corrected chi connectivity index (χ1v) is 4.29. The third kappa shape index (κ3) is 2.87. The van der Waals surface area contributed by atoms with Gasteiger partial charge in [0.25, 0.3) is 0 Å². The van der Waals surface area contributed by atoms with Crippen LogP contribution in [-0.4, -0.2) is 12.0 Å². The molecule has 14 heavy (non-hydrogen) atoms. The van der Waals surface area contributed by atoms with Crippen molar-refractivity contribution in [2.75, 3.05) is 0 Å². The van der Waals surface area contributed by atoms with E-state index < -0.39 is 12.0 Å². The van der Waals surface area contributed by atoms with E-state index in [9.17, 15) is 4.79 Å². The molecule has 0 amide bonds. The summed E-state index contributed by atoms with van der Waals surface area (Å²) in [7, 11) is 0. The molecule has 72 valence electrons. The second-order valence-corrected chi connectivity index (χ2v) is 2.88. The number of benzene rings is 1. The molecule has 1 rings (SSSR count). The molecule has 1 aromatic carbocycles. The van der Waals surface area contributed by atoms with Crippen LogP contribution in [0.1, 0.15) is 12.5 Å². The quantitative estimate of drug-likeness (QED) is 0.542. The number of esters is 1. The Morgan fingerprint density at radius 2 is 2.14 bits per heavy atom. The summed E-state index contributed by atoms with van der Waals surface area (Å²) in [6.45, 7) is 1.67. The van der Waals surface area contributed by atoms with Gasteiger partial charge in [-0.2, -0.15) is 0 Å². The molecule has 0 radical (unpaired) electrons. The maximum absolute atomic E-state index is 11.1. The molecule has 1 unspecified atom stereocenters. The summed E-state index contributed by atoms with van der Waals surface area (Å²) in [6.07, 6.45) is 0. The van der Waals surface area contributed by atoms with E-state index in [0.717, 1.165) is 5.56 Å². The first-order valence-electron chi connectivity index (χ1n) is 4.29. The zero-order valence-electron chi connectivity index (χ0n) is 7.88. The molecule has 0 aromatic heterocycles. The Balaban J connectivity index is 2.43. The van der Waals surface area contributed by atoms with Crippen molar-refractivity contribution in [3.8, 4) is 0 Å². The Kier molecular flexibility index (Phi) is 3.62. The summed E-state index contributed by atoms with van der Waals surface area (Å²) < 4.78 is 4.89. The van der Waals surface area contributed by atoms with Crippen molar-refractivity contribution in [2.45, 2.75) is 19.6 Å². The van der Waals surface area contributed by atoms with Crippen LogP contribution in [0.15, 0.2) is 30.3 Å². The minimum Gasteiger partial charge on any atom is -0.455 e. The third-order valence-corrected chi connectivity index (χ3v) is 1.74. The summed E-state index contributed by atoms with van der Waals surface area (Å²) in [4.78, 5) is 13.9. The van der Waals surface area contributed by atoms with E-state index in [2.05, 4.69) is 4.98 Å². The number of hydrogen-bond donors (Lipinski definition) is 0. The number of ether oxygens (including phenoxy) is 1. The molecule has 0 aliphatic carbocycles. The van der Waals surface area contributed by atoms with E-state index >= 15 is 0 Å². The van der Waals surface area contributed by atoms with Crippen LogP contribution in [0.25, 0.3) is 4.98 Å². The van der Waals surface area contributed by atoms with Gasteiger partial charge in [-0.25, -0.2) is 4.79 Å². The molecule has 0 N–H and O–H groups in total. The minimum atomic E-state index is -0.821. The Morgan fingerprint density at radius 3 is 2.71 bits per heavy atom. The van der Waals surface area contributed by atoms with Crippen LogP contribution in [0.3, 0.4) is 0 Å². The number of diazo groups is 1. The average Bonchev–Trinajstić information content (AvgIpc) is 2.26. The second kappa shape index (κ2) is 4.97. The molecule has 0 saturated heterocycles. The van der Waals surface area contributed by atoms with Crippen LogP contribution in [0.5, 0.6) is 0 Å². The fourth-order valence-electron chi connectivity index (χ4n) is 0.896. The lowest BCUT2D eigenvalue weighted by Gasteiger charge is -2.01. The van der Waals surface area contributed by atoms with Crippen molar-refractivity contribution in [1.82, 2.24) is 0 Å². The van der Waals surface area contributed by atoms with Gasteiger partial charge in [-0.1, -0.05) is 30.3 Å². The Labute approximate surface area is 82.1 Å². The second-order valence-electron chi connectivity index (χ2n) is 2.88. The van der Waals surface area contributed by atoms with Crippen molar-refractivity contribution in [2.24, 2.45) is 0 Å². The SMILES string of the molecule is CC([N+]#N)C(=O)OCc1ccccc1. The van der Waals surface area contributed by atoms with E-state index in [-0.39, 0.29) is 6.61 Å². The van der Waals surface area contributed by atoms with Crippen molar-refractivity contribution in [1.29, 1.82) is 5.39 Å². The molecule has 0 aliphatic heterocycles. The lowest BCUT2D eigenvalue weighted by atomic mass is 10.2. The number of carbonyl (C=O) groups is 1. The molecular formula is C10H11N2O2+. The van der Waals surface area contributed by atoms with E-state index in [4.69, 9.17) is 10.1 Å². The van der Waals surface area contributed by atoms with E-state index in [1.54, 1.807) is 0 Å². The minimum absolute atomic E-state index is 0.208. The van der Waals surface area contributed by atoms with Gasteiger partial charge < -0.3 is 4.74 Å². The monoisotopic (exact) mass is 191 g/mol. The van der Waals surface area contributed by atoms with Gasteiger partial charge in [0.15, 0.2) is 0 Å². The fraction of sp³-hybridized carbons (Fsp3) is 0.300. The number of carbonyl (C=O) groups excluding carboxylic acids is 1. The van der Waals surface area contributed by atoms with Gasteiger partial charge in [-0.3, -0.25) is 0 Å². The molecule has 0 bridgehead atoms. The molecule has 4 nitrogen and oxygen atoms in total. The zero-order valence-corrected chi connectivity index (χ0v) is 7.88.